The van der Waals surface area contributed by atoms with Gasteiger partial charge in [0.05, 0.1) is 21.1 Å². The molecular formula is C12H27NO4P+. The number of hydrogen-bond acceptors (Lipinski definition) is 2. The second-order valence-electron chi connectivity index (χ2n) is 6.36. The van der Waals surface area contributed by atoms with Gasteiger partial charge in [-0.15, -0.1) is 0 Å². The molecule has 1 unspecified atom stereocenters. The van der Waals surface area contributed by atoms with E-state index in [0.29, 0.717) is 11.0 Å². The van der Waals surface area contributed by atoms with Crippen LogP contribution in [-0.2, 0) is 9.09 Å². The fourth-order valence-corrected chi connectivity index (χ4v) is 3.26. The normalized spacial score (nSPS) is 21.6. The second kappa shape index (κ2) is 6.49. The van der Waals surface area contributed by atoms with E-state index < -0.39 is 7.82 Å². The number of nitrogens with zero attached hydrogens (tertiary/aromatic N) is 1. The highest BCUT2D eigenvalue weighted by Crippen LogP contribution is 2.41. The molecule has 18 heavy (non-hydrogen) atoms. The number of likely N-dealkylation sites (N-methyl/N-ethyl adjacent to an activating group) is 1. The van der Waals surface area contributed by atoms with Crippen molar-refractivity contribution in [2.45, 2.75) is 44.6 Å². The van der Waals surface area contributed by atoms with E-state index in [-0.39, 0.29) is 12.0 Å². The number of phosphoric acid groups is 1. The van der Waals surface area contributed by atoms with E-state index in [0.717, 1.165) is 25.7 Å². The fourth-order valence-electron chi connectivity index (χ4n) is 2.67. The summed E-state index contributed by atoms with van der Waals surface area (Å²) in [5, 5.41) is 0. The average Bonchev–Trinajstić information content (AvgIpc) is 2.39. The van der Waals surface area contributed by atoms with Crippen LogP contribution in [0.4, 0.5) is 0 Å². The zero-order chi connectivity index (χ0) is 13.8. The quantitative estimate of drug-likeness (QED) is 0.460. The number of phosphoric ester groups is 1. The minimum atomic E-state index is -4.40. The highest BCUT2D eigenvalue weighted by Gasteiger charge is 2.33. The Morgan fingerprint density at radius 3 is 2.06 bits per heavy atom. The van der Waals surface area contributed by atoms with E-state index in [1.807, 2.05) is 21.1 Å². The third-order valence-corrected chi connectivity index (χ3v) is 3.97. The molecule has 5 nitrogen and oxygen atoms in total. The van der Waals surface area contributed by atoms with Gasteiger partial charge in [-0.3, -0.25) is 4.52 Å². The van der Waals surface area contributed by atoms with Crippen LogP contribution in [0.25, 0.3) is 0 Å². The van der Waals surface area contributed by atoms with Crippen molar-refractivity contribution in [3.05, 3.63) is 0 Å². The first kappa shape index (κ1) is 16.1. The van der Waals surface area contributed by atoms with Crippen molar-refractivity contribution in [2.24, 2.45) is 5.92 Å². The van der Waals surface area contributed by atoms with Crippen LogP contribution < -0.4 is 0 Å². The maximum atomic E-state index is 11.1. The zero-order valence-electron chi connectivity index (χ0n) is 11.7. The Kier molecular flexibility index (Phi) is 5.81. The lowest BCUT2D eigenvalue weighted by molar-refractivity contribution is -0.873. The Balaban J connectivity index is 2.71. The van der Waals surface area contributed by atoms with Crippen LogP contribution in [0, 0.1) is 5.92 Å². The van der Waals surface area contributed by atoms with Gasteiger partial charge in [0.15, 0.2) is 0 Å². The minimum Gasteiger partial charge on any atom is -0.329 e. The van der Waals surface area contributed by atoms with Crippen LogP contribution in [0.1, 0.15) is 38.5 Å². The van der Waals surface area contributed by atoms with Gasteiger partial charge in [-0.05, 0) is 18.8 Å². The third kappa shape index (κ3) is 6.86. The standard InChI is InChI=1S/C12H26NO4P/c1-13(2,3)10-12(17-18(14,15)16)11-8-6-4-5-7-9-11/h11-12H,4-10H2,1-3H3,(H-,14,15,16)/p+1. The predicted octanol–water partition coefficient (Wildman–Crippen LogP) is 2.14. The molecule has 1 rings (SSSR count). The van der Waals surface area contributed by atoms with Crippen LogP contribution in [0.15, 0.2) is 0 Å². The van der Waals surface area contributed by atoms with Crippen LogP contribution in [-0.4, -0.2) is 48.1 Å². The zero-order valence-corrected chi connectivity index (χ0v) is 12.6. The van der Waals surface area contributed by atoms with Crippen molar-refractivity contribution in [2.75, 3.05) is 27.7 Å². The van der Waals surface area contributed by atoms with Crippen molar-refractivity contribution in [1.29, 1.82) is 0 Å². The van der Waals surface area contributed by atoms with Crippen LogP contribution >= 0.6 is 7.82 Å². The Labute approximate surface area is 110 Å². The summed E-state index contributed by atoms with van der Waals surface area (Å²) in [5.74, 6) is 0.275. The molecule has 0 amide bonds. The summed E-state index contributed by atoms with van der Waals surface area (Å²) in [6.07, 6.45) is 6.43. The monoisotopic (exact) mass is 280 g/mol. The first-order valence-electron chi connectivity index (χ1n) is 6.72. The largest absolute Gasteiger partial charge is 0.470 e. The molecule has 0 aromatic heterocycles. The molecule has 1 atom stereocenters. The van der Waals surface area contributed by atoms with Gasteiger partial charge in [-0.2, -0.15) is 0 Å². The summed E-state index contributed by atoms with van der Waals surface area (Å²) >= 11 is 0. The van der Waals surface area contributed by atoms with Crippen molar-refractivity contribution in [1.82, 2.24) is 0 Å². The molecule has 0 radical (unpaired) electrons. The lowest BCUT2D eigenvalue weighted by atomic mass is 9.93. The van der Waals surface area contributed by atoms with Crippen LogP contribution in [0.5, 0.6) is 0 Å². The molecule has 1 saturated carbocycles. The summed E-state index contributed by atoms with van der Waals surface area (Å²) in [5.41, 5.74) is 0. The third-order valence-electron chi connectivity index (χ3n) is 3.43. The lowest BCUT2D eigenvalue weighted by Gasteiger charge is -2.33. The molecule has 6 heteroatoms. The van der Waals surface area contributed by atoms with Crippen LogP contribution in [0.2, 0.25) is 0 Å². The molecular weight excluding hydrogens is 253 g/mol. The molecule has 0 saturated heterocycles. The second-order valence-corrected chi connectivity index (χ2v) is 7.55. The molecule has 0 aliphatic heterocycles. The Morgan fingerprint density at radius 2 is 1.67 bits per heavy atom. The van der Waals surface area contributed by atoms with Gasteiger partial charge in [0.25, 0.3) is 0 Å². The van der Waals surface area contributed by atoms with Gasteiger partial charge in [0.1, 0.15) is 12.6 Å². The molecule has 1 aliphatic carbocycles. The summed E-state index contributed by atoms with van der Waals surface area (Å²) < 4.78 is 16.8. The summed E-state index contributed by atoms with van der Waals surface area (Å²) in [6, 6.07) is 0. The molecule has 0 aromatic rings. The topological polar surface area (TPSA) is 66.8 Å². The van der Waals surface area contributed by atoms with Crippen molar-refractivity contribution in [3.8, 4) is 0 Å². The van der Waals surface area contributed by atoms with E-state index in [9.17, 15) is 4.57 Å². The highest BCUT2D eigenvalue weighted by molar-refractivity contribution is 7.46. The first-order chi connectivity index (χ1) is 8.17. The Hall–Kier alpha value is 0.0700. The van der Waals surface area contributed by atoms with Gasteiger partial charge >= 0.3 is 7.82 Å². The molecule has 108 valence electrons. The summed E-state index contributed by atoms with van der Waals surface area (Å²) in [4.78, 5) is 18.1. The summed E-state index contributed by atoms with van der Waals surface area (Å²) in [6.45, 7) is 0.635. The molecule has 0 aromatic carbocycles. The molecule has 1 fully saturated rings. The summed E-state index contributed by atoms with van der Waals surface area (Å²) in [7, 11) is 1.66. The van der Waals surface area contributed by atoms with E-state index >= 15 is 0 Å². The Bertz CT molecular complexity index is 289. The Morgan fingerprint density at radius 1 is 1.17 bits per heavy atom. The van der Waals surface area contributed by atoms with Crippen molar-refractivity contribution >= 4 is 7.82 Å². The first-order valence-corrected chi connectivity index (χ1v) is 8.25. The molecule has 0 heterocycles. The van der Waals surface area contributed by atoms with Crippen molar-refractivity contribution < 1.29 is 23.4 Å². The highest BCUT2D eigenvalue weighted by atomic mass is 31.2. The smallest absolute Gasteiger partial charge is 0.329 e. The number of rotatable bonds is 5. The average molecular weight is 280 g/mol. The van der Waals surface area contributed by atoms with Gasteiger partial charge < -0.3 is 14.3 Å². The molecule has 0 spiro atoms. The van der Waals surface area contributed by atoms with Gasteiger partial charge in [-0.1, -0.05) is 25.7 Å². The lowest BCUT2D eigenvalue weighted by Crippen LogP contribution is -2.44. The van der Waals surface area contributed by atoms with Gasteiger partial charge in [0, 0.05) is 0 Å². The van der Waals surface area contributed by atoms with E-state index in [2.05, 4.69) is 0 Å². The van der Waals surface area contributed by atoms with Crippen LogP contribution in [0.3, 0.4) is 0 Å². The van der Waals surface area contributed by atoms with Crippen molar-refractivity contribution in [3.63, 3.8) is 0 Å². The molecule has 0 bridgehead atoms. The number of quaternary nitrogens is 1. The van der Waals surface area contributed by atoms with E-state index in [4.69, 9.17) is 14.3 Å². The fraction of sp³-hybridized carbons (Fsp3) is 1.00. The molecule has 1 aliphatic rings. The maximum Gasteiger partial charge on any atom is 0.470 e. The minimum absolute atomic E-state index is 0.275. The SMILES string of the molecule is C[N+](C)(C)CC(OP(=O)(O)O)C1CCCCCC1. The van der Waals surface area contributed by atoms with Gasteiger partial charge in [-0.25, -0.2) is 4.57 Å². The predicted molar refractivity (Wildman–Crippen MR) is 71.0 cm³/mol. The van der Waals surface area contributed by atoms with E-state index in [1.165, 1.54) is 12.8 Å². The molecule has 2 N–H and O–H groups in total. The maximum absolute atomic E-state index is 11.1. The van der Waals surface area contributed by atoms with Gasteiger partial charge in [0.2, 0.25) is 0 Å². The van der Waals surface area contributed by atoms with E-state index in [1.54, 1.807) is 0 Å². The number of hydrogen-bond donors (Lipinski definition) is 2.